The van der Waals surface area contributed by atoms with Gasteiger partial charge in [-0.1, -0.05) is 29.8 Å². The largest absolute Gasteiger partial charge is 0.495 e. The molecule has 0 saturated heterocycles. The molecule has 0 bridgehead atoms. The Morgan fingerprint density at radius 2 is 1.34 bits per heavy atom. The van der Waals surface area contributed by atoms with E-state index in [9.17, 15) is 9.59 Å². The van der Waals surface area contributed by atoms with E-state index in [2.05, 4.69) is 10.6 Å². The number of ether oxygens (including phenoxy) is 2. The van der Waals surface area contributed by atoms with Crippen molar-refractivity contribution in [3.8, 4) is 11.5 Å². The lowest BCUT2D eigenvalue weighted by atomic mass is 10.1. The van der Waals surface area contributed by atoms with Crippen molar-refractivity contribution in [3.63, 3.8) is 0 Å². The van der Waals surface area contributed by atoms with Crippen molar-refractivity contribution in [3.05, 3.63) is 82.9 Å². The van der Waals surface area contributed by atoms with Gasteiger partial charge in [-0.05, 0) is 42.5 Å². The monoisotopic (exact) mass is 410 g/mol. The molecule has 2 amide bonds. The summed E-state index contributed by atoms with van der Waals surface area (Å²) in [6, 6.07) is 18.6. The number of benzene rings is 3. The second kappa shape index (κ2) is 9.12. The third-order valence-electron chi connectivity index (χ3n) is 4.16. The summed E-state index contributed by atoms with van der Waals surface area (Å²) in [5, 5.41) is 5.90. The summed E-state index contributed by atoms with van der Waals surface area (Å²) in [5.41, 5.74) is 1.97. The van der Waals surface area contributed by atoms with E-state index < -0.39 is 0 Å². The van der Waals surface area contributed by atoms with Gasteiger partial charge in [0.2, 0.25) is 0 Å². The fraction of sp³-hybridized carbons (Fsp3) is 0.0909. The van der Waals surface area contributed by atoms with Gasteiger partial charge in [0.25, 0.3) is 11.8 Å². The number of carbonyl (C=O) groups excluding carboxylic acids is 2. The van der Waals surface area contributed by atoms with Crippen LogP contribution in [0.25, 0.3) is 0 Å². The predicted molar refractivity (Wildman–Crippen MR) is 113 cm³/mol. The summed E-state index contributed by atoms with van der Waals surface area (Å²) in [7, 11) is 2.99. The Hall–Kier alpha value is -3.51. The minimum atomic E-state index is -0.342. The number of nitrogens with one attached hydrogen (secondary N) is 2. The van der Waals surface area contributed by atoms with Crippen molar-refractivity contribution in [1.82, 2.24) is 0 Å². The van der Waals surface area contributed by atoms with Gasteiger partial charge >= 0.3 is 0 Å². The lowest BCUT2D eigenvalue weighted by Gasteiger charge is -2.13. The molecule has 7 heteroatoms. The van der Waals surface area contributed by atoms with Crippen LogP contribution < -0.4 is 20.1 Å². The Balaban J connectivity index is 1.71. The van der Waals surface area contributed by atoms with E-state index in [1.807, 2.05) is 6.07 Å². The minimum Gasteiger partial charge on any atom is -0.495 e. The van der Waals surface area contributed by atoms with Crippen LogP contribution >= 0.6 is 11.6 Å². The summed E-state index contributed by atoms with van der Waals surface area (Å²) in [5.74, 6) is 0.303. The molecule has 3 aromatic carbocycles. The average molecular weight is 411 g/mol. The van der Waals surface area contributed by atoms with Crippen molar-refractivity contribution in [2.45, 2.75) is 0 Å². The normalized spacial score (nSPS) is 10.2. The molecule has 0 atom stereocenters. The van der Waals surface area contributed by atoms with Crippen molar-refractivity contribution < 1.29 is 19.1 Å². The van der Waals surface area contributed by atoms with Crippen LogP contribution in [0, 0.1) is 0 Å². The minimum absolute atomic E-state index is 0.222. The molecule has 0 aliphatic heterocycles. The summed E-state index contributed by atoms with van der Waals surface area (Å²) in [4.78, 5) is 24.8. The third kappa shape index (κ3) is 4.86. The van der Waals surface area contributed by atoms with Crippen molar-refractivity contribution in [2.75, 3.05) is 24.9 Å². The van der Waals surface area contributed by atoms with E-state index in [0.29, 0.717) is 39.0 Å². The number of amides is 2. The van der Waals surface area contributed by atoms with Crippen LogP contribution in [0.4, 0.5) is 11.4 Å². The van der Waals surface area contributed by atoms with Crippen molar-refractivity contribution in [1.29, 1.82) is 0 Å². The van der Waals surface area contributed by atoms with Gasteiger partial charge in [-0.25, -0.2) is 0 Å². The summed E-state index contributed by atoms with van der Waals surface area (Å²) in [6.45, 7) is 0. The second-order valence-electron chi connectivity index (χ2n) is 6.04. The molecule has 2 N–H and O–H groups in total. The molecule has 0 fully saturated rings. The zero-order valence-corrected chi connectivity index (χ0v) is 16.6. The molecule has 3 rings (SSSR count). The van der Waals surface area contributed by atoms with Gasteiger partial charge in [0.15, 0.2) is 0 Å². The second-order valence-corrected chi connectivity index (χ2v) is 6.45. The molecular weight excluding hydrogens is 392 g/mol. The van der Waals surface area contributed by atoms with Gasteiger partial charge in [0, 0.05) is 22.9 Å². The Labute approximate surface area is 173 Å². The quantitative estimate of drug-likeness (QED) is 0.608. The Morgan fingerprint density at radius 1 is 0.759 bits per heavy atom. The van der Waals surface area contributed by atoms with E-state index in [1.165, 1.54) is 14.2 Å². The average Bonchev–Trinajstić information content (AvgIpc) is 2.75. The van der Waals surface area contributed by atoms with Gasteiger partial charge in [-0.3, -0.25) is 9.59 Å². The highest BCUT2D eigenvalue weighted by atomic mass is 35.5. The molecular formula is C22H19ClN2O4. The van der Waals surface area contributed by atoms with Crippen LogP contribution in [0.1, 0.15) is 20.7 Å². The fourth-order valence-corrected chi connectivity index (χ4v) is 2.89. The first-order valence-corrected chi connectivity index (χ1v) is 9.09. The van der Waals surface area contributed by atoms with Gasteiger partial charge in [0.1, 0.15) is 11.5 Å². The number of rotatable bonds is 6. The number of carbonyl (C=O) groups is 2. The number of hydrogen-bond acceptors (Lipinski definition) is 4. The summed E-state index contributed by atoms with van der Waals surface area (Å²) < 4.78 is 10.4. The fourth-order valence-electron chi connectivity index (χ4n) is 2.65. The lowest BCUT2D eigenvalue weighted by Crippen LogP contribution is -2.14. The van der Waals surface area contributed by atoms with E-state index >= 15 is 0 Å². The molecule has 0 spiro atoms. The predicted octanol–water partition coefficient (Wildman–Crippen LogP) is 4.86. The zero-order valence-electron chi connectivity index (χ0n) is 15.9. The maximum Gasteiger partial charge on any atom is 0.255 e. The molecule has 0 radical (unpaired) electrons. The first-order valence-electron chi connectivity index (χ1n) is 8.71. The maximum atomic E-state index is 12.6. The molecule has 148 valence electrons. The topological polar surface area (TPSA) is 76.7 Å². The van der Waals surface area contributed by atoms with E-state index in [4.69, 9.17) is 21.1 Å². The van der Waals surface area contributed by atoms with Gasteiger partial charge < -0.3 is 20.1 Å². The smallest absolute Gasteiger partial charge is 0.255 e. The number of halogens is 1. The van der Waals surface area contributed by atoms with Crippen LogP contribution in [0.15, 0.2) is 66.7 Å². The first kappa shape index (κ1) is 20.2. The van der Waals surface area contributed by atoms with Crippen LogP contribution in [-0.2, 0) is 0 Å². The highest BCUT2D eigenvalue weighted by molar-refractivity contribution is 6.32. The van der Waals surface area contributed by atoms with Crippen molar-refractivity contribution in [2.24, 2.45) is 0 Å². The van der Waals surface area contributed by atoms with Crippen LogP contribution in [-0.4, -0.2) is 26.0 Å². The number of hydrogen-bond donors (Lipinski definition) is 2. The SMILES string of the molecule is COc1cc(OC)c(NC(=O)c2ccc(NC(=O)c3ccccc3)cc2)cc1Cl. The van der Waals surface area contributed by atoms with Gasteiger partial charge in [0.05, 0.1) is 24.9 Å². The molecule has 3 aromatic rings. The summed E-state index contributed by atoms with van der Waals surface area (Å²) >= 11 is 6.14. The van der Waals surface area contributed by atoms with E-state index in [0.717, 1.165) is 0 Å². The zero-order chi connectivity index (χ0) is 20.8. The highest BCUT2D eigenvalue weighted by Gasteiger charge is 2.14. The van der Waals surface area contributed by atoms with Gasteiger partial charge in [-0.15, -0.1) is 0 Å². The highest BCUT2D eigenvalue weighted by Crippen LogP contribution is 2.36. The Morgan fingerprint density at radius 3 is 1.97 bits per heavy atom. The maximum absolute atomic E-state index is 12.6. The molecule has 0 saturated carbocycles. The summed E-state index contributed by atoms with van der Waals surface area (Å²) in [6.07, 6.45) is 0. The van der Waals surface area contributed by atoms with Gasteiger partial charge in [-0.2, -0.15) is 0 Å². The standard InChI is InChI=1S/C22H19ClN2O4/c1-28-19-13-20(29-2)18(12-17(19)23)25-22(27)15-8-10-16(11-9-15)24-21(26)14-6-4-3-5-7-14/h3-13H,1-2H3,(H,24,26)(H,25,27). The molecule has 0 heterocycles. The van der Waals surface area contributed by atoms with Crippen molar-refractivity contribution >= 4 is 34.8 Å². The first-order chi connectivity index (χ1) is 14.0. The molecule has 29 heavy (non-hydrogen) atoms. The number of methoxy groups -OCH3 is 2. The van der Waals surface area contributed by atoms with E-state index in [-0.39, 0.29) is 11.8 Å². The molecule has 0 aromatic heterocycles. The Kier molecular flexibility index (Phi) is 6.36. The van der Waals surface area contributed by atoms with E-state index in [1.54, 1.807) is 60.7 Å². The molecule has 0 unspecified atom stereocenters. The van der Waals surface area contributed by atoms with Crippen LogP contribution in [0.5, 0.6) is 11.5 Å². The lowest BCUT2D eigenvalue weighted by molar-refractivity contribution is 0.101. The third-order valence-corrected chi connectivity index (χ3v) is 4.46. The molecule has 0 aliphatic rings. The molecule has 0 aliphatic carbocycles. The molecule has 6 nitrogen and oxygen atoms in total. The van der Waals surface area contributed by atoms with Crippen LogP contribution in [0.3, 0.4) is 0 Å². The Bertz CT molecular complexity index is 1020. The number of anilines is 2. The van der Waals surface area contributed by atoms with Crippen LogP contribution in [0.2, 0.25) is 5.02 Å².